The second-order valence-electron chi connectivity index (χ2n) is 4.49. The fraction of sp³-hybridized carbons (Fsp3) is 0. The predicted octanol–water partition coefficient (Wildman–Crippen LogP) is 4.98. The van der Waals surface area contributed by atoms with Gasteiger partial charge in [-0.3, -0.25) is 0 Å². The van der Waals surface area contributed by atoms with Gasteiger partial charge in [0, 0.05) is 18.2 Å². The zero-order valence-corrected chi connectivity index (χ0v) is 11.3. The van der Waals surface area contributed by atoms with Gasteiger partial charge in [0.1, 0.15) is 28.7 Å². The summed E-state index contributed by atoms with van der Waals surface area (Å²) >= 11 is 0. The molecule has 3 nitrogen and oxygen atoms in total. The van der Waals surface area contributed by atoms with Crippen molar-refractivity contribution in [2.75, 3.05) is 0 Å². The van der Waals surface area contributed by atoms with E-state index >= 15 is 0 Å². The summed E-state index contributed by atoms with van der Waals surface area (Å²) in [4.78, 5) is 0. The second kappa shape index (κ2) is 6.01. The first-order valence-electron chi connectivity index (χ1n) is 6.59. The first-order valence-corrected chi connectivity index (χ1v) is 6.59. The van der Waals surface area contributed by atoms with Gasteiger partial charge in [0.2, 0.25) is 0 Å². The normalized spacial score (nSPS) is 10.1. The van der Waals surface area contributed by atoms with Crippen LogP contribution < -0.4 is 9.47 Å². The van der Waals surface area contributed by atoms with Crippen molar-refractivity contribution in [3.05, 3.63) is 78.9 Å². The molecule has 1 N–H and O–H groups in total. The van der Waals surface area contributed by atoms with Crippen molar-refractivity contribution >= 4 is 0 Å². The lowest BCUT2D eigenvalue weighted by molar-refractivity contribution is 0.435. The number of para-hydroxylation sites is 2. The second-order valence-corrected chi connectivity index (χ2v) is 4.49. The van der Waals surface area contributed by atoms with Crippen molar-refractivity contribution < 1.29 is 14.6 Å². The Kier molecular flexibility index (Phi) is 3.74. The summed E-state index contributed by atoms with van der Waals surface area (Å²) in [5, 5.41) is 9.79. The SMILES string of the molecule is Oc1cc(Oc2ccccc2)cc(Oc2ccccc2)c1. The number of benzene rings is 3. The highest BCUT2D eigenvalue weighted by Crippen LogP contribution is 2.32. The molecule has 0 fully saturated rings. The summed E-state index contributed by atoms with van der Waals surface area (Å²) in [6.45, 7) is 0. The number of aromatic hydroxyl groups is 1. The Morgan fingerprint density at radius 2 is 0.952 bits per heavy atom. The Hall–Kier alpha value is -2.94. The van der Waals surface area contributed by atoms with E-state index in [0.717, 1.165) is 0 Å². The number of rotatable bonds is 4. The molecule has 0 radical (unpaired) electrons. The minimum absolute atomic E-state index is 0.0920. The molecule has 0 aliphatic heterocycles. The van der Waals surface area contributed by atoms with Crippen molar-refractivity contribution in [3.63, 3.8) is 0 Å². The lowest BCUT2D eigenvalue weighted by Gasteiger charge is -2.10. The van der Waals surface area contributed by atoms with Crippen molar-refractivity contribution in [1.82, 2.24) is 0 Å². The van der Waals surface area contributed by atoms with Gasteiger partial charge in [-0.05, 0) is 24.3 Å². The summed E-state index contributed by atoms with van der Waals surface area (Å²) in [6.07, 6.45) is 0. The molecule has 0 bridgehead atoms. The molecule has 0 amide bonds. The van der Waals surface area contributed by atoms with Crippen molar-refractivity contribution in [3.8, 4) is 28.7 Å². The van der Waals surface area contributed by atoms with Crippen LogP contribution in [0.1, 0.15) is 0 Å². The fourth-order valence-electron chi connectivity index (χ4n) is 1.92. The van der Waals surface area contributed by atoms with Crippen molar-refractivity contribution in [1.29, 1.82) is 0 Å². The number of phenolic OH excluding ortho intramolecular Hbond substituents is 1. The zero-order valence-electron chi connectivity index (χ0n) is 11.3. The summed E-state index contributed by atoms with van der Waals surface area (Å²) in [7, 11) is 0. The van der Waals surface area contributed by atoms with E-state index in [4.69, 9.17) is 9.47 Å². The average molecular weight is 278 g/mol. The summed E-state index contributed by atoms with van der Waals surface area (Å²) < 4.78 is 11.4. The Morgan fingerprint density at radius 3 is 1.38 bits per heavy atom. The number of ether oxygens (including phenoxy) is 2. The van der Waals surface area contributed by atoms with Gasteiger partial charge in [0.05, 0.1) is 0 Å². The molecule has 0 saturated carbocycles. The smallest absolute Gasteiger partial charge is 0.134 e. The molecule has 3 aromatic rings. The van der Waals surface area contributed by atoms with Gasteiger partial charge in [-0.1, -0.05) is 36.4 Å². The van der Waals surface area contributed by atoms with Gasteiger partial charge < -0.3 is 14.6 Å². The zero-order chi connectivity index (χ0) is 14.5. The first-order chi connectivity index (χ1) is 10.3. The van der Waals surface area contributed by atoms with Gasteiger partial charge in [-0.15, -0.1) is 0 Å². The fourth-order valence-corrected chi connectivity index (χ4v) is 1.92. The number of phenols is 1. The Bertz CT molecular complexity index is 649. The largest absolute Gasteiger partial charge is 0.508 e. The molecule has 3 rings (SSSR count). The maximum atomic E-state index is 9.79. The molecule has 104 valence electrons. The molecule has 0 aliphatic rings. The van der Waals surface area contributed by atoms with E-state index in [2.05, 4.69) is 0 Å². The molecule has 0 saturated heterocycles. The van der Waals surface area contributed by atoms with Crippen LogP contribution in [0, 0.1) is 0 Å². The van der Waals surface area contributed by atoms with Crippen molar-refractivity contribution in [2.45, 2.75) is 0 Å². The highest BCUT2D eigenvalue weighted by Gasteiger charge is 2.04. The molecule has 3 aromatic carbocycles. The minimum Gasteiger partial charge on any atom is -0.508 e. The molecule has 0 unspecified atom stereocenters. The quantitative estimate of drug-likeness (QED) is 0.731. The molecule has 0 spiro atoms. The first kappa shape index (κ1) is 13.1. The molecular formula is C18H14O3. The van der Waals surface area contributed by atoms with Crippen LogP contribution >= 0.6 is 0 Å². The van der Waals surface area contributed by atoms with Gasteiger partial charge in [-0.2, -0.15) is 0 Å². The Morgan fingerprint density at radius 1 is 0.524 bits per heavy atom. The average Bonchev–Trinajstić information content (AvgIpc) is 2.48. The molecular weight excluding hydrogens is 264 g/mol. The lowest BCUT2D eigenvalue weighted by Crippen LogP contribution is -1.87. The van der Waals surface area contributed by atoms with Crippen LogP contribution in [-0.2, 0) is 0 Å². The Balaban J connectivity index is 1.83. The van der Waals surface area contributed by atoms with E-state index < -0.39 is 0 Å². The van der Waals surface area contributed by atoms with Crippen LogP contribution in [-0.4, -0.2) is 5.11 Å². The van der Waals surface area contributed by atoms with E-state index in [9.17, 15) is 5.11 Å². The number of hydrogen-bond acceptors (Lipinski definition) is 3. The van der Waals surface area contributed by atoms with Crippen LogP contribution in [0.2, 0.25) is 0 Å². The molecule has 3 heteroatoms. The van der Waals surface area contributed by atoms with E-state index in [-0.39, 0.29) is 5.75 Å². The summed E-state index contributed by atoms with van der Waals surface area (Å²) in [6, 6.07) is 23.6. The monoisotopic (exact) mass is 278 g/mol. The Labute approximate surface area is 123 Å². The highest BCUT2D eigenvalue weighted by atomic mass is 16.5. The van der Waals surface area contributed by atoms with Crippen molar-refractivity contribution in [2.24, 2.45) is 0 Å². The van der Waals surface area contributed by atoms with E-state index in [1.807, 2.05) is 60.7 Å². The highest BCUT2D eigenvalue weighted by molar-refractivity contribution is 5.45. The van der Waals surface area contributed by atoms with Gasteiger partial charge in [0.15, 0.2) is 0 Å². The summed E-state index contributed by atoms with van der Waals surface area (Å²) in [5.41, 5.74) is 0. The van der Waals surface area contributed by atoms with E-state index in [1.165, 1.54) is 0 Å². The number of hydrogen-bond donors (Lipinski definition) is 1. The van der Waals surface area contributed by atoms with E-state index in [1.54, 1.807) is 18.2 Å². The van der Waals surface area contributed by atoms with Crippen LogP contribution in [0.25, 0.3) is 0 Å². The summed E-state index contributed by atoms with van der Waals surface area (Å²) in [5.74, 6) is 2.54. The molecule has 0 aromatic heterocycles. The maximum absolute atomic E-state index is 9.79. The lowest BCUT2D eigenvalue weighted by atomic mass is 10.3. The molecule has 0 aliphatic carbocycles. The van der Waals surface area contributed by atoms with Gasteiger partial charge in [0.25, 0.3) is 0 Å². The molecule has 21 heavy (non-hydrogen) atoms. The third-order valence-corrected chi connectivity index (χ3v) is 2.82. The standard InChI is InChI=1S/C18H14O3/c19-14-11-17(20-15-7-3-1-4-8-15)13-18(12-14)21-16-9-5-2-6-10-16/h1-13,19H. The molecule has 0 atom stereocenters. The van der Waals surface area contributed by atoms with Gasteiger partial charge in [-0.25, -0.2) is 0 Å². The minimum atomic E-state index is 0.0920. The third-order valence-electron chi connectivity index (χ3n) is 2.82. The van der Waals surface area contributed by atoms with Crippen LogP contribution in [0.3, 0.4) is 0 Å². The maximum Gasteiger partial charge on any atom is 0.134 e. The predicted molar refractivity (Wildman–Crippen MR) is 81.1 cm³/mol. The molecule has 0 heterocycles. The van der Waals surface area contributed by atoms with Crippen LogP contribution in [0.4, 0.5) is 0 Å². The van der Waals surface area contributed by atoms with E-state index in [0.29, 0.717) is 23.0 Å². The van der Waals surface area contributed by atoms with Gasteiger partial charge >= 0.3 is 0 Å². The van der Waals surface area contributed by atoms with Crippen LogP contribution in [0.5, 0.6) is 28.7 Å². The van der Waals surface area contributed by atoms with Crippen LogP contribution in [0.15, 0.2) is 78.9 Å². The topological polar surface area (TPSA) is 38.7 Å². The third kappa shape index (κ3) is 3.54.